The zero-order chi connectivity index (χ0) is 20.7. The fourth-order valence-corrected chi connectivity index (χ4v) is 3.12. The Morgan fingerprint density at radius 1 is 1.07 bits per heavy atom. The molecule has 6 heteroatoms. The average molecular weight is 383 g/mol. The topological polar surface area (TPSA) is 104 Å². The van der Waals surface area contributed by atoms with Crippen molar-refractivity contribution in [1.82, 2.24) is 10.6 Å². The summed E-state index contributed by atoms with van der Waals surface area (Å²) in [7, 11) is 0. The van der Waals surface area contributed by atoms with Gasteiger partial charge in [-0.1, -0.05) is 30.3 Å². The molecule has 0 aromatic heterocycles. The van der Waals surface area contributed by atoms with Crippen LogP contribution in [0.1, 0.15) is 29.2 Å². The summed E-state index contributed by atoms with van der Waals surface area (Å²) in [6, 6.07) is 11.7. The maximum absolute atomic E-state index is 12.4. The highest BCUT2D eigenvalue weighted by Gasteiger charge is 2.21. The van der Waals surface area contributed by atoms with Gasteiger partial charge in [0.1, 0.15) is 11.8 Å². The van der Waals surface area contributed by atoms with Crippen molar-refractivity contribution in [3.8, 4) is 5.75 Å². The highest BCUT2D eigenvalue weighted by molar-refractivity contribution is 5.89. The molecule has 0 saturated carbocycles. The summed E-state index contributed by atoms with van der Waals surface area (Å²) in [5, 5.41) is 15.1. The van der Waals surface area contributed by atoms with Crippen molar-refractivity contribution in [3.05, 3.63) is 64.7 Å². The van der Waals surface area contributed by atoms with Crippen LogP contribution in [0.25, 0.3) is 0 Å². The van der Waals surface area contributed by atoms with Gasteiger partial charge >= 0.3 is 0 Å². The van der Waals surface area contributed by atoms with E-state index < -0.39 is 12.1 Å². The molecule has 0 fully saturated rings. The van der Waals surface area contributed by atoms with Gasteiger partial charge in [-0.2, -0.15) is 0 Å². The highest BCUT2D eigenvalue weighted by Crippen LogP contribution is 2.21. The Hall–Kier alpha value is -2.86. The van der Waals surface area contributed by atoms with Gasteiger partial charge in [-0.15, -0.1) is 0 Å². The van der Waals surface area contributed by atoms with Gasteiger partial charge in [0.25, 0.3) is 0 Å². The third kappa shape index (κ3) is 6.09. The van der Waals surface area contributed by atoms with Crippen LogP contribution in [0.15, 0.2) is 42.5 Å². The third-order valence-electron chi connectivity index (χ3n) is 4.75. The lowest BCUT2D eigenvalue weighted by atomic mass is 9.96. The van der Waals surface area contributed by atoms with Gasteiger partial charge in [0.2, 0.25) is 11.8 Å². The summed E-state index contributed by atoms with van der Waals surface area (Å²) >= 11 is 0. The molecule has 0 aliphatic heterocycles. The quantitative estimate of drug-likeness (QED) is 0.557. The smallest absolute Gasteiger partial charge is 0.242 e. The van der Waals surface area contributed by atoms with Gasteiger partial charge in [0.15, 0.2) is 0 Å². The maximum atomic E-state index is 12.4. The summed E-state index contributed by atoms with van der Waals surface area (Å²) < 4.78 is 0. The molecule has 0 aliphatic carbocycles. The van der Waals surface area contributed by atoms with E-state index in [0.717, 1.165) is 28.7 Å². The minimum absolute atomic E-state index is 0.192. The fraction of sp³-hybridized carbons (Fsp3) is 0.364. The van der Waals surface area contributed by atoms with Crippen molar-refractivity contribution in [2.45, 2.75) is 45.7 Å². The van der Waals surface area contributed by atoms with Gasteiger partial charge in [-0.3, -0.25) is 9.59 Å². The minimum atomic E-state index is -0.776. The Bertz CT molecular complexity index is 798. The van der Waals surface area contributed by atoms with Gasteiger partial charge in [0.05, 0.1) is 6.04 Å². The first-order valence-electron chi connectivity index (χ1n) is 9.44. The van der Waals surface area contributed by atoms with Crippen molar-refractivity contribution < 1.29 is 14.7 Å². The second-order valence-corrected chi connectivity index (χ2v) is 7.13. The molecule has 0 heterocycles. The number of rotatable bonds is 8. The van der Waals surface area contributed by atoms with Crippen molar-refractivity contribution in [3.63, 3.8) is 0 Å². The lowest BCUT2D eigenvalue weighted by molar-refractivity contribution is -0.129. The summed E-state index contributed by atoms with van der Waals surface area (Å²) in [5.74, 6) is -0.427. The summed E-state index contributed by atoms with van der Waals surface area (Å²) in [5.41, 5.74) is 9.88. The van der Waals surface area contributed by atoms with Crippen LogP contribution in [0.4, 0.5) is 0 Å². The Balaban J connectivity index is 1.83. The van der Waals surface area contributed by atoms with Crippen LogP contribution < -0.4 is 16.4 Å². The van der Waals surface area contributed by atoms with Crippen molar-refractivity contribution in [1.29, 1.82) is 0 Å². The van der Waals surface area contributed by atoms with E-state index in [9.17, 15) is 14.7 Å². The first-order chi connectivity index (χ1) is 13.3. The monoisotopic (exact) mass is 383 g/mol. The Labute approximate surface area is 166 Å². The summed E-state index contributed by atoms with van der Waals surface area (Å²) in [6.07, 6.45) is 1.07. The molecule has 2 atom stereocenters. The van der Waals surface area contributed by atoms with Crippen LogP contribution in [0, 0.1) is 13.8 Å². The zero-order valence-corrected chi connectivity index (χ0v) is 16.7. The largest absolute Gasteiger partial charge is 0.508 e. The van der Waals surface area contributed by atoms with Gasteiger partial charge in [0, 0.05) is 6.54 Å². The van der Waals surface area contributed by atoms with Crippen molar-refractivity contribution in [2.24, 2.45) is 5.73 Å². The van der Waals surface area contributed by atoms with Crippen LogP contribution >= 0.6 is 0 Å². The van der Waals surface area contributed by atoms with Crippen LogP contribution in [0.3, 0.4) is 0 Å². The third-order valence-corrected chi connectivity index (χ3v) is 4.75. The van der Waals surface area contributed by atoms with Gasteiger partial charge in [-0.25, -0.2) is 0 Å². The van der Waals surface area contributed by atoms with E-state index in [0.29, 0.717) is 13.0 Å². The van der Waals surface area contributed by atoms with Crippen LogP contribution in [0.2, 0.25) is 0 Å². The molecule has 0 spiro atoms. The van der Waals surface area contributed by atoms with Crippen molar-refractivity contribution >= 4 is 11.8 Å². The molecule has 2 amide bonds. The van der Waals surface area contributed by atoms with E-state index in [1.807, 2.05) is 44.2 Å². The van der Waals surface area contributed by atoms with Crippen LogP contribution in [0.5, 0.6) is 5.75 Å². The number of carbonyl (C=O) groups excluding carboxylic acids is 2. The standard InChI is InChI=1S/C22H29N3O3/c1-14-11-18(26)12-15(2)19(14)13-20(23)22(28)25-16(3)21(27)24-10-9-17-7-5-4-6-8-17/h4-8,11-12,16,20,26H,9-10,13,23H2,1-3H3,(H,24,27)(H,25,28)/t16-,20?/m1/s1. The molecule has 0 radical (unpaired) electrons. The maximum Gasteiger partial charge on any atom is 0.242 e. The average Bonchev–Trinajstić information content (AvgIpc) is 2.65. The molecule has 0 bridgehead atoms. The molecular weight excluding hydrogens is 354 g/mol. The highest BCUT2D eigenvalue weighted by atomic mass is 16.3. The number of nitrogens with one attached hydrogen (secondary N) is 2. The SMILES string of the molecule is Cc1cc(O)cc(C)c1CC(N)C(=O)N[C@H](C)C(=O)NCCc1ccccc1. The van der Waals surface area contributed by atoms with E-state index in [2.05, 4.69) is 10.6 Å². The number of aromatic hydroxyl groups is 1. The number of nitrogens with two attached hydrogens (primary N) is 1. The van der Waals surface area contributed by atoms with E-state index >= 15 is 0 Å². The molecule has 28 heavy (non-hydrogen) atoms. The zero-order valence-electron chi connectivity index (χ0n) is 16.7. The van der Waals surface area contributed by atoms with Gasteiger partial charge < -0.3 is 21.5 Å². The number of phenols is 1. The van der Waals surface area contributed by atoms with E-state index in [1.165, 1.54) is 0 Å². The number of amides is 2. The first kappa shape index (κ1) is 21.4. The molecule has 6 nitrogen and oxygen atoms in total. The molecule has 2 aromatic carbocycles. The number of carbonyl (C=O) groups is 2. The summed E-state index contributed by atoms with van der Waals surface area (Å²) in [6.45, 7) is 5.88. The number of hydrogen-bond donors (Lipinski definition) is 4. The number of hydrogen-bond acceptors (Lipinski definition) is 4. The Morgan fingerprint density at radius 2 is 1.68 bits per heavy atom. The molecule has 5 N–H and O–H groups in total. The fourth-order valence-electron chi connectivity index (χ4n) is 3.12. The van der Waals surface area contributed by atoms with Crippen LogP contribution in [-0.2, 0) is 22.4 Å². The van der Waals surface area contributed by atoms with Crippen LogP contribution in [-0.4, -0.2) is 35.5 Å². The normalized spacial score (nSPS) is 12.9. The van der Waals surface area contributed by atoms with E-state index in [1.54, 1.807) is 19.1 Å². The minimum Gasteiger partial charge on any atom is -0.508 e. The predicted octanol–water partition coefficient (Wildman–Crippen LogP) is 1.74. The van der Waals surface area contributed by atoms with Gasteiger partial charge in [-0.05, 0) is 68.0 Å². The Morgan fingerprint density at radius 3 is 2.29 bits per heavy atom. The Kier molecular flexibility index (Phi) is 7.58. The summed E-state index contributed by atoms with van der Waals surface area (Å²) in [4.78, 5) is 24.6. The molecule has 2 rings (SSSR count). The number of benzene rings is 2. The lowest BCUT2D eigenvalue weighted by Gasteiger charge is -2.19. The second kappa shape index (κ2) is 9.90. The number of phenolic OH excluding ortho intramolecular Hbond substituents is 1. The molecule has 1 unspecified atom stereocenters. The number of aryl methyl sites for hydroxylation is 2. The predicted molar refractivity (Wildman–Crippen MR) is 110 cm³/mol. The molecule has 0 saturated heterocycles. The second-order valence-electron chi connectivity index (χ2n) is 7.13. The lowest BCUT2D eigenvalue weighted by Crippen LogP contribution is -2.51. The van der Waals surface area contributed by atoms with E-state index in [-0.39, 0.29) is 17.6 Å². The first-order valence-corrected chi connectivity index (χ1v) is 9.44. The molecule has 2 aromatic rings. The van der Waals surface area contributed by atoms with E-state index in [4.69, 9.17) is 5.73 Å². The van der Waals surface area contributed by atoms with Crippen molar-refractivity contribution in [2.75, 3.05) is 6.54 Å². The molecule has 0 aliphatic rings. The molecular formula is C22H29N3O3. The molecule has 150 valence electrons.